The van der Waals surface area contributed by atoms with Gasteiger partial charge in [0.05, 0.1) is 12.6 Å². The average molecular weight is 315 g/mol. The Kier molecular flexibility index (Phi) is 4.34. The van der Waals surface area contributed by atoms with E-state index in [0.717, 1.165) is 30.8 Å². The van der Waals surface area contributed by atoms with E-state index in [-0.39, 0.29) is 11.9 Å². The number of rotatable bonds is 4. The molecule has 4 nitrogen and oxygen atoms in total. The first-order chi connectivity index (χ1) is 10.6. The minimum Gasteiger partial charge on any atom is -0.398 e. The SMILES string of the molecule is CC(NC(=O)CN1CCCc2c(N)cccc21)c1cccs1. The van der Waals surface area contributed by atoms with Gasteiger partial charge in [-0.25, -0.2) is 0 Å². The lowest BCUT2D eigenvalue weighted by Crippen LogP contribution is -2.40. The van der Waals surface area contributed by atoms with Crippen molar-refractivity contribution in [1.82, 2.24) is 5.32 Å². The van der Waals surface area contributed by atoms with Gasteiger partial charge in [-0.3, -0.25) is 4.79 Å². The van der Waals surface area contributed by atoms with Crippen LogP contribution in [-0.2, 0) is 11.2 Å². The predicted molar refractivity (Wildman–Crippen MR) is 92.3 cm³/mol. The number of nitrogens with one attached hydrogen (secondary N) is 1. The fraction of sp³-hybridized carbons (Fsp3) is 0.353. The maximum absolute atomic E-state index is 12.3. The van der Waals surface area contributed by atoms with Crippen molar-refractivity contribution in [2.45, 2.75) is 25.8 Å². The normalized spacial score (nSPS) is 15.2. The highest BCUT2D eigenvalue weighted by molar-refractivity contribution is 7.10. The van der Waals surface area contributed by atoms with Gasteiger partial charge in [-0.2, -0.15) is 0 Å². The zero-order chi connectivity index (χ0) is 15.5. The first kappa shape index (κ1) is 14.9. The summed E-state index contributed by atoms with van der Waals surface area (Å²) in [7, 11) is 0. The Bertz CT molecular complexity index is 654. The van der Waals surface area contributed by atoms with Gasteiger partial charge >= 0.3 is 0 Å². The quantitative estimate of drug-likeness (QED) is 0.853. The molecule has 0 aliphatic carbocycles. The molecule has 0 saturated heterocycles. The van der Waals surface area contributed by atoms with Crippen LogP contribution in [-0.4, -0.2) is 19.0 Å². The van der Waals surface area contributed by atoms with Crippen LogP contribution in [0.25, 0.3) is 0 Å². The Morgan fingerprint density at radius 1 is 1.41 bits per heavy atom. The number of amides is 1. The second kappa shape index (κ2) is 6.40. The molecule has 1 unspecified atom stereocenters. The fourth-order valence-corrected chi connectivity index (χ4v) is 3.70. The van der Waals surface area contributed by atoms with E-state index in [4.69, 9.17) is 5.73 Å². The molecule has 1 aromatic carbocycles. The third kappa shape index (κ3) is 3.09. The van der Waals surface area contributed by atoms with Crippen molar-refractivity contribution in [3.63, 3.8) is 0 Å². The molecule has 3 N–H and O–H groups in total. The number of carbonyl (C=O) groups excluding carboxylic acids is 1. The van der Waals surface area contributed by atoms with Crippen molar-refractivity contribution < 1.29 is 4.79 Å². The van der Waals surface area contributed by atoms with E-state index in [9.17, 15) is 4.79 Å². The summed E-state index contributed by atoms with van der Waals surface area (Å²) < 4.78 is 0. The van der Waals surface area contributed by atoms with Crippen LogP contribution in [0.15, 0.2) is 35.7 Å². The van der Waals surface area contributed by atoms with E-state index in [0.29, 0.717) is 6.54 Å². The van der Waals surface area contributed by atoms with Crippen LogP contribution in [0, 0.1) is 0 Å². The molecule has 1 amide bonds. The maximum Gasteiger partial charge on any atom is 0.240 e. The van der Waals surface area contributed by atoms with E-state index in [1.807, 2.05) is 36.6 Å². The first-order valence-electron chi connectivity index (χ1n) is 7.60. The van der Waals surface area contributed by atoms with E-state index < -0.39 is 0 Å². The van der Waals surface area contributed by atoms with Gasteiger partial charge in [-0.05, 0) is 48.9 Å². The molecule has 0 radical (unpaired) electrons. The molecular formula is C17H21N3OS. The number of carbonyl (C=O) groups is 1. The Balaban J connectivity index is 1.67. The molecule has 1 atom stereocenters. The first-order valence-corrected chi connectivity index (χ1v) is 8.48. The molecule has 0 bridgehead atoms. The number of nitrogens with zero attached hydrogens (tertiary/aromatic N) is 1. The van der Waals surface area contributed by atoms with Crippen LogP contribution >= 0.6 is 11.3 Å². The van der Waals surface area contributed by atoms with Crippen molar-refractivity contribution in [3.05, 3.63) is 46.2 Å². The van der Waals surface area contributed by atoms with Gasteiger partial charge in [0.1, 0.15) is 0 Å². The molecule has 2 aromatic rings. The Hall–Kier alpha value is -2.01. The molecule has 1 aliphatic heterocycles. The van der Waals surface area contributed by atoms with Gasteiger partial charge in [-0.15, -0.1) is 11.3 Å². The number of anilines is 2. The number of hydrogen-bond donors (Lipinski definition) is 2. The van der Waals surface area contributed by atoms with E-state index >= 15 is 0 Å². The molecule has 0 fully saturated rings. The standard InChI is InChI=1S/C17H21N3OS/c1-12(16-8-4-10-22-16)19-17(21)11-20-9-3-5-13-14(18)6-2-7-15(13)20/h2,4,6-8,10,12H,3,5,9,11,18H2,1H3,(H,19,21). The monoisotopic (exact) mass is 315 g/mol. The summed E-state index contributed by atoms with van der Waals surface area (Å²) in [6.07, 6.45) is 2.03. The van der Waals surface area contributed by atoms with Crippen LogP contribution in [0.1, 0.15) is 29.8 Å². The van der Waals surface area contributed by atoms with Gasteiger partial charge in [0.15, 0.2) is 0 Å². The molecule has 22 heavy (non-hydrogen) atoms. The van der Waals surface area contributed by atoms with Crippen LogP contribution in [0.3, 0.4) is 0 Å². The average Bonchev–Trinajstić information content (AvgIpc) is 3.02. The second-order valence-electron chi connectivity index (χ2n) is 5.67. The molecule has 0 saturated carbocycles. The summed E-state index contributed by atoms with van der Waals surface area (Å²) in [5.41, 5.74) is 9.16. The van der Waals surface area contributed by atoms with Crippen molar-refractivity contribution in [3.8, 4) is 0 Å². The molecule has 2 heterocycles. The van der Waals surface area contributed by atoms with Gasteiger partial charge in [0.2, 0.25) is 5.91 Å². The predicted octanol–water partition coefficient (Wildman–Crippen LogP) is 2.96. The summed E-state index contributed by atoms with van der Waals surface area (Å²) in [6.45, 7) is 3.30. The van der Waals surface area contributed by atoms with Gasteiger partial charge in [-0.1, -0.05) is 12.1 Å². The second-order valence-corrected chi connectivity index (χ2v) is 6.65. The summed E-state index contributed by atoms with van der Waals surface area (Å²) in [4.78, 5) is 15.6. The Morgan fingerprint density at radius 2 is 2.27 bits per heavy atom. The third-order valence-electron chi connectivity index (χ3n) is 4.06. The topological polar surface area (TPSA) is 58.4 Å². The van der Waals surface area contributed by atoms with Crippen molar-refractivity contribution in [2.75, 3.05) is 23.7 Å². The van der Waals surface area contributed by atoms with Crippen molar-refractivity contribution >= 4 is 28.6 Å². The van der Waals surface area contributed by atoms with E-state index in [2.05, 4.69) is 16.3 Å². The Morgan fingerprint density at radius 3 is 3.05 bits per heavy atom. The lowest BCUT2D eigenvalue weighted by Gasteiger charge is -2.31. The lowest BCUT2D eigenvalue weighted by atomic mass is 10.00. The summed E-state index contributed by atoms with van der Waals surface area (Å²) >= 11 is 1.66. The summed E-state index contributed by atoms with van der Waals surface area (Å²) in [6, 6.07) is 10.1. The van der Waals surface area contributed by atoms with Crippen molar-refractivity contribution in [2.24, 2.45) is 0 Å². The smallest absolute Gasteiger partial charge is 0.240 e. The lowest BCUT2D eigenvalue weighted by molar-refractivity contribution is -0.120. The molecule has 3 rings (SSSR count). The molecule has 116 valence electrons. The number of thiophene rings is 1. The molecular weight excluding hydrogens is 294 g/mol. The van der Waals surface area contributed by atoms with Gasteiger partial charge in [0, 0.05) is 22.8 Å². The number of nitrogens with two attached hydrogens (primary N) is 1. The zero-order valence-electron chi connectivity index (χ0n) is 12.7. The number of nitrogen functional groups attached to an aromatic ring is 1. The number of benzene rings is 1. The molecule has 0 spiro atoms. The van der Waals surface area contributed by atoms with Crippen molar-refractivity contribution in [1.29, 1.82) is 0 Å². The largest absolute Gasteiger partial charge is 0.398 e. The van der Waals surface area contributed by atoms with Gasteiger partial charge < -0.3 is 16.0 Å². The maximum atomic E-state index is 12.3. The zero-order valence-corrected chi connectivity index (χ0v) is 13.5. The molecule has 5 heteroatoms. The number of fused-ring (bicyclic) bond motifs is 1. The van der Waals surface area contributed by atoms with Crippen LogP contribution < -0.4 is 16.0 Å². The highest BCUT2D eigenvalue weighted by Crippen LogP contribution is 2.31. The van der Waals surface area contributed by atoms with Crippen LogP contribution in [0.4, 0.5) is 11.4 Å². The van der Waals surface area contributed by atoms with Gasteiger partial charge in [0.25, 0.3) is 0 Å². The minimum atomic E-state index is 0.0520. The number of hydrogen-bond acceptors (Lipinski definition) is 4. The molecule has 1 aliphatic rings. The highest BCUT2D eigenvalue weighted by atomic mass is 32.1. The third-order valence-corrected chi connectivity index (χ3v) is 5.12. The van der Waals surface area contributed by atoms with E-state index in [1.165, 1.54) is 10.4 Å². The highest BCUT2D eigenvalue weighted by Gasteiger charge is 2.21. The summed E-state index contributed by atoms with van der Waals surface area (Å²) in [5, 5.41) is 5.10. The Labute approximate surface area is 134 Å². The minimum absolute atomic E-state index is 0.0520. The molecule has 1 aromatic heterocycles. The fourth-order valence-electron chi connectivity index (χ4n) is 2.96. The van der Waals surface area contributed by atoms with Crippen LogP contribution in [0.5, 0.6) is 0 Å². The summed E-state index contributed by atoms with van der Waals surface area (Å²) in [5.74, 6) is 0.0520. The van der Waals surface area contributed by atoms with Crippen LogP contribution in [0.2, 0.25) is 0 Å². The van der Waals surface area contributed by atoms with E-state index in [1.54, 1.807) is 11.3 Å².